The van der Waals surface area contributed by atoms with Crippen LogP contribution in [0.1, 0.15) is 30.9 Å². The first kappa shape index (κ1) is 13.6. The molecule has 100 valence electrons. The normalized spacial score (nSPS) is 11.4. The van der Waals surface area contributed by atoms with Crippen LogP contribution >= 0.6 is 0 Å². The summed E-state index contributed by atoms with van der Waals surface area (Å²) in [6, 6.07) is 13.5. The zero-order valence-corrected chi connectivity index (χ0v) is 11.6. The smallest absolute Gasteiger partial charge is 0.0797 e. The molecular formula is C17H22N2. The molecule has 2 rings (SSSR count). The van der Waals surface area contributed by atoms with Gasteiger partial charge in [-0.2, -0.15) is 0 Å². The lowest BCUT2D eigenvalue weighted by Crippen LogP contribution is -1.92. The third kappa shape index (κ3) is 3.82. The molecule has 0 radical (unpaired) electrons. The van der Waals surface area contributed by atoms with Crippen LogP contribution in [0, 0.1) is 0 Å². The Morgan fingerprint density at radius 2 is 1.68 bits per heavy atom. The van der Waals surface area contributed by atoms with Gasteiger partial charge >= 0.3 is 0 Å². The van der Waals surface area contributed by atoms with Gasteiger partial charge in [-0.25, -0.2) is 0 Å². The van der Waals surface area contributed by atoms with Crippen LogP contribution < -0.4 is 5.73 Å². The Balaban J connectivity index is 2.01. The van der Waals surface area contributed by atoms with E-state index in [4.69, 9.17) is 5.73 Å². The molecule has 0 unspecified atom stereocenters. The summed E-state index contributed by atoms with van der Waals surface area (Å²) in [6.45, 7) is 3.03. The van der Waals surface area contributed by atoms with Crippen molar-refractivity contribution in [2.75, 3.05) is 6.54 Å². The largest absolute Gasteiger partial charge is 0.390 e. The first-order valence-corrected chi connectivity index (χ1v) is 7.05. The monoisotopic (exact) mass is 254 g/mol. The van der Waals surface area contributed by atoms with Crippen LogP contribution in [-0.4, -0.2) is 12.9 Å². The van der Waals surface area contributed by atoms with E-state index in [0.29, 0.717) is 0 Å². The highest BCUT2D eigenvalue weighted by Crippen LogP contribution is 2.19. The van der Waals surface area contributed by atoms with Crippen LogP contribution in [0.2, 0.25) is 0 Å². The van der Waals surface area contributed by atoms with Gasteiger partial charge in [0.1, 0.15) is 0 Å². The molecule has 0 aliphatic heterocycles. The van der Waals surface area contributed by atoms with Gasteiger partial charge in [0.2, 0.25) is 0 Å². The Labute approximate surface area is 115 Å². The summed E-state index contributed by atoms with van der Waals surface area (Å²) in [5.41, 5.74) is 8.03. The Morgan fingerprint density at radius 1 is 1.00 bits per heavy atom. The highest BCUT2D eigenvalue weighted by atomic mass is 14.8. The lowest BCUT2D eigenvalue weighted by molar-refractivity contribution is 0.747. The molecule has 0 aliphatic rings. The van der Waals surface area contributed by atoms with Crippen LogP contribution in [0.25, 0.3) is 10.8 Å². The molecule has 2 N–H and O–H groups in total. The minimum absolute atomic E-state index is 0.837. The third-order valence-electron chi connectivity index (χ3n) is 3.49. The third-order valence-corrected chi connectivity index (χ3v) is 3.49. The van der Waals surface area contributed by atoms with Crippen molar-refractivity contribution < 1.29 is 0 Å². The number of rotatable bonds is 6. The molecule has 0 fully saturated rings. The van der Waals surface area contributed by atoms with Gasteiger partial charge in [-0.1, -0.05) is 43.3 Å². The van der Waals surface area contributed by atoms with Crippen molar-refractivity contribution in [2.24, 2.45) is 10.7 Å². The van der Waals surface area contributed by atoms with Crippen molar-refractivity contribution >= 4 is 17.1 Å². The van der Waals surface area contributed by atoms with E-state index in [1.54, 1.807) is 0 Å². The number of hydrogen-bond donors (Lipinski definition) is 1. The Kier molecular flexibility index (Phi) is 4.96. The Bertz CT molecular complexity index is 558. The molecule has 0 saturated carbocycles. The van der Waals surface area contributed by atoms with Gasteiger partial charge in [0, 0.05) is 6.54 Å². The maximum atomic E-state index is 5.22. The topological polar surface area (TPSA) is 38.4 Å². The van der Waals surface area contributed by atoms with Crippen molar-refractivity contribution in [3.63, 3.8) is 0 Å². The van der Waals surface area contributed by atoms with Crippen molar-refractivity contribution in [3.8, 4) is 0 Å². The van der Waals surface area contributed by atoms with Gasteiger partial charge in [0.25, 0.3) is 0 Å². The molecule has 0 saturated heterocycles. The van der Waals surface area contributed by atoms with E-state index in [-0.39, 0.29) is 0 Å². The highest BCUT2D eigenvalue weighted by molar-refractivity contribution is 5.83. The Morgan fingerprint density at radius 3 is 2.37 bits per heavy atom. The SMILES string of the molecule is CCc1ccc2cc(CCCCN=CN)ccc2c1. The summed E-state index contributed by atoms with van der Waals surface area (Å²) in [5, 5.41) is 2.69. The average molecular weight is 254 g/mol. The number of benzene rings is 2. The van der Waals surface area contributed by atoms with Gasteiger partial charge in [0.05, 0.1) is 6.34 Å². The summed E-state index contributed by atoms with van der Waals surface area (Å²) in [4.78, 5) is 4.02. The second-order valence-corrected chi connectivity index (χ2v) is 4.88. The number of nitrogens with zero attached hydrogens (tertiary/aromatic N) is 1. The maximum absolute atomic E-state index is 5.22. The van der Waals surface area contributed by atoms with E-state index in [9.17, 15) is 0 Å². The summed E-state index contributed by atoms with van der Waals surface area (Å²) < 4.78 is 0. The van der Waals surface area contributed by atoms with E-state index in [0.717, 1.165) is 32.2 Å². The second kappa shape index (κ2) is 6.93. The zero-order valence-electron chi connectivity index (χ0n) is 11.6. The van der Waals surface area contributed by atoms with Crippen LogP contribution in [-0.2, 0) is 12.8 Å². The molecule has 2 nitrogen and oxygen atoms in total. The predicted octanol–water partition coefficient (Wildman–Crippen LogP) is 3.71. The number of fused-ring (bicyclic) bond motifs is 1. The molecule has 0 heterocycles. The fourth-order valence-corrected chi connectivity index (χ4v) is 2.33. The van der Waals surface area contributed by atoms with E-state index < -0.39 is 0 Å². The van der Waals surface area contributed by atoms with Crippen LogP contribution in [0.4, 0.5) is 0 Å². The molecule has 19 heavy (non-hydrogen) atoms. The lowest BCUT2D eigenvalue weighted by Gasteiger charge is -2.05. The minimum atomic E-state index is 0.837. The first-order chi connectivity index (χ1) is 9.33. The fraction of sp³-hybridized carbons (Fsp3) is 0.353. The number of nitrogens with two attached hydrogens (primary N) is 1. The van der Waals surface area contributed by atoms with Crippen molar-refractivity contribution in [1.29, 1.82) is 0 Å². The van der Waals surface area contributed by atoms with Crippen molar-refractivity contribution in [1.82, 2.24) is 0 Å². The van der Waals surface area contributed by atoms with Crippen LogP contribution in [0.3, 0.4) is 0 Å². The van der Waals surface area contributed by atoms with Gasteiger partial charge in [-0.05, 0) is 47.6 Å². The zero-order chi connectivity index (χ0) is 13.5. The molecule has 0 aromatic heterocycles. The molecule has 2 aromatic rings. The minimum Gasteiger partial charge on any atom is -0.390 e. The number of unbranched alkanes of at least 4 members (excludes halogenated alkanes) is 1. The quantitative estimate of drug-likeness (QED) is 0.476. The van der Waals surface area contributed by atoms with Crippen LogP contribution in [0.15, 0.2) is 41.4 Å². The van der Waals surface area contributed by atoms with Gasteiger partial charge in [0.15, 0.2) is 0 Å². The molecule has 0 aliphatic carbocycles. The highest BCUT2D eigenvalue weighted by Gasteiger charge is 1.98. The van der Waals surface area contributed by atoms with E-state index >= 15 is 0 Å². The van der Waals surface area contributed by atoms with E-state index in [1.807, 2.05) is 0 Å². The molecule has 0 amide bonds. The van der Waals surface area contributed by atoms with Gasteiger partial charge in [-0.15, -0.1) is 0 Å². The number of hydrogen-bond acceptors (Lipinski definition) is 1. The lowest BCUT2D eigenvalue weighted by atomic mass is 10.0. The van der Waals surface area contributed by atoms with Crippen molar-refractivity contribution in [3.05, 3.63) is 47.5 Å². The second-order valence-electron chi connectivity index (χ2n) is 4.88. The Hall–Kier alpha value is -1.83. The van der Waals surface area contributed by atoms with E-state index in [1.165, 1.54) is 28.2 Å². The first-order valence-electron chi connectivity index (χ1n) is 7.05. The fourth-order valence-electron chi connectivity index (χ4n) is 2.33. The summed E-state index contributed by atoms with van der Waals surface area (Å²) in [6.07, 6.45) is 5.86. The summed E-state index contributed by atoms with van der Waals surface area (Å²) >= 11 is 0. The average Bonchev–Trinajstić information content (AvgIpc) is 2.46. The van der Waals surface area contributed by atoms with Gasteiger partial charge in [-0.3, -0.25) is 4.99 Å². The van der Waals surface area contributed by atoms with Crippen LogP contribution in [0.5, 0.6) is 0 Å². The molecule has 0 atom stereocenters. The van der Waals surface area contributed by atoms with Crippen molar-refractivity contribution in [2.45, 2.75) is 32.6 Å². The molecule has 2 heteroatoms. The maximum Gasteiger partial charge on any atom is 0.0797 e. The molecule has 0 bridgehead atoms. The predicted molar refractivity (Wildman–Crippen MR) is 83.8 cm³/mol. The van der Waals surface area contributed by atoms with E-state index in [2.05, 4.69) is 48.3 Å². The number of aliphatic imine (C=N–C) groups is 1. The summed E-state index contributed by atoms with van der Waals surface area (Å²) in [5.74, 6) is 0. The molecular weight excluding hydrogens is 232 g/mol. The number of aryl methyl sites for hydroxylation is 2. The molecule has 0 spiro atoms. The summed E-state index contributed by atoms with van der Waals surface area (Å²) in [7, 11) is 0. The standard InChI is InChI=1S/C17H22N2/c1-2-14-6-8-17-12-15(7-9-16(17)11-14)5-3-4-10-19-13-18/h6-9,11-13H,2-5,10H2,1H3,(H2,18,19). The van der Waals surface area contributed by atoms with Gasteiger partial charge < -0.3 is 5.73 Å². The molecule has 2 aromatic carbocycles.